The number of amides is 1. The van der Waals surface area contributed by atoms with Crippen molar-refractivity contribution in [1.82, 2.24) is 5.32 Å². The van der Waals surface area contributed by atoms with Crippen LogP contribution < -0.4 is 5.32 Å². The zero-order chi connectivity index (χ0) is 11.3. The number of carbonyl (C=O) groups excluding carboxylic acids is 1. The Bertz CT molecular complexity index is 364. The van der Waals surface area contributed by atoms with Gasteiger partial charge in [-0.25, -0.2) is 0 Å². The number of nitro benzene ring substituents is 1. The van der Waals surface area contributed by atoms with Crippen LogP contribution in [-0.2, 0) is 0 Å². The minimum absolute atomic E-state index is 0.0381. The number of carbonyl (C=O) groups is 1. The highest BCUT2D eigenvalue weighted by molar-refractivity contribution is 6.18. The van der Waals surface area contributed by atoms with Crippen molar-refractivity contribution in [2.24, 2.45) is 0 Å². The molecule has 0 saturated heterocycles. The molecule has 1 aromatic rings. The molecule has 1 N–H and O–H groups in total. The molecule has 0 atom stereocenters. The summed E-state index contributed by atoms with van der Waals surface area (Å²) >= 11 is 5.40. The van der Waals surface area contributed by atoms with Crippen LogP contribution in [0.25, 0.3) is 0 Å². The Morgan fingerprint density at radius 3 is 2.47 bits per heavy atom. The molecule has 80 valence electrons. The summed E-state index contributed by atoms with van der Waals surface area (Å²) in [6.45, 7) is 0.372. The van der Waals surface area contributed by atoms with E-state index in [2.05, 4.69) is 5.32 Å². The molecule has 0 unspecified atom stereocenters. The van der Waals surface area contributed by atoms with Crippen molar-refractivity contribution < 1.29 is 9.72 Å². The molecular formula is C9H9ClN2O3. The first-order valence-electron chi connectivity index (χ1n) is 4.24. The SMILES string of the molecule is O=C(NCCCl)c1ccc([N+](=O)[O-])cc1. The maximum absolute atomic E-state index is 11.3. The molecule has 1 aromatic carbocycles. The van der Waals surface area contributed by atoms with Crippen LogP contribution in [0.15, 0.2) is 24.3 Å². The minimum Gasteiger partial charge on any atom is -0.351 e. The second-order valence-electron chi connectivity index (χ2n) is 2.75. The molecule has 6 heteroatoms. The molecule has 0 bridgehead atoms. The zero-order valence-electron chi connectivity index (χ0n) is 7.77. The van der Waals surface area contributed by atoms with E-state index in [1.54, 1.807) is 0 Å². The van der Waals surface area contributed by atoms with Gasteiger partial charge < -0.3 is 5.32 Å². The van der Waals surface area contributed by atoms with Crippen molar-refractivity contribution in [1.29, 1.82) is 0 Å². The third kappa shape index (κ3) is 3.21. The maximum Gasteiger partial charge on any atom is 0.269 e. The van der Waals surface area contributed by atoms with Crippen LogP contribution in [-0.4, -0.2) is 23.3 Å². The predicted molar refractivity (Wildman–Crippen MR) is 56.1 cm³/mol. The average molecular weight is 229 g/mol. The molecule has 0 spiro atoms. The fourth-order valence-corrected chi connectivity index (χ4v) is 1.09. The Morgan fingerprint density at radius 1 is 1.40 bits per heavy atom. The maximum atomic E-state index is 11.3. The third-order valence-electron chi connectivity index (χ3n) is 1.72. The van der Waals surface area contributed by atoms with Gasteiger partial charge in [0.2, 0.25) is 0 Å². The van der Waals surface area contributed by atoms with E-state index in [1.807, 2.05) is 0 Å². The second kappa shape index (κ2) is 5.31. The van der Waals surface area contributed by atoms with Gasteiger partial charge in [0.1, 0.15) is 0 Å². The highest BCUT2D eigenvalue weighted by Gasteiger charge is 2.08. The molecular weight excluding hydrogens is 220 g/mol. The number of non-ortho nitro benzene ring substituents is 1. The first-order chi connectivity index (χ1) is 7.15. The molecule has 0 aromatic heterocycles. The highest BCUT2D eigenvalue weighted by Crippen LogP contribution is 2.11. The molecule has 0 fully saturated rings. The normalized spacial score (nSPS) is 9.67. The predicted octanol–water partition coefficient (Wildman–Crippen LogP) is 1.56. The van der Waals surface area contributed by atoms with Gasteiger partial charge in [-0.2, -0.15) is 0 Å². The smallest absolute Gasteiger partial charge is 0.269 e. The van der Waals surface area contributed by atoms with E-state index in [4.69, 9.17) is 11.6 Å². The molecule has 0 aliphatic heterocycles. The number of halogens is 1. The fraction of sp³-hybridized carbons (Fsp3) is 0.222. The molecule has 5 nitrogen and oxygen atoms in total. The number of nitro groups is 1. The number of nitrogens with zero attached hydrogens (tertiary/aromatic N) is 1. The lowest BCUT2D eigenvalue weighted by molar-refractivity contribution is -0.384. The van der Waals surface area contributed by atoms with Crippen molar-refractivity contribution in [3.05, 3.63) is 39.9 Å². The Labute approximate surface area is 91.2 Å². The van der Waals surface area contributed by atoms with Crippen LogP contribution in [0.2, 0.25) is 0 Å². The third-order valence-corrected chi connectivity index (χ3v) is 1.91. The Balaban J connectivity index is 2.71. The lowest BCUT2D eigenvalue weighted by Gasteiger charge is -2.01. The van der Waals surface area contributed by atoms with Crippen LogP contribution in [0.5, 0.6) is 0 Å². The number of rotatable bonds is 4. The quantitative estimate of drug-likeness (QED) is 0.483. The van der Waals surface area contributed by atoms with Gasteiger partial charge in [0, 0.05) is 30.1 Å². The minimum atomic E-state index is -0.513. The van der Waals surface area contributed by atoms with Crippen molar-refractivity contribution in [2.45, 2.75) is 0 Å². The largest absolute Gasteiger partial charge is 0.351 e. The summed E-state index contributed by atoms with van der Waals surface area (Å²) in [5.74, 6) is 0.0455. The molecule has 1 amide bonds. The molecule has 0 aliphatic carbocycles. The van der Waals surface area contributed by atoms with Gasteiger partial charge >= 0.3 is 0 Å². The topological polar surface area (TPSA) is 72.2 Å². The van der Waals surface area contributed by atoms with Crippen LogP contribution in [0.1, 0.15) is 10.4 Å². The standard InChI is InChI=1S/C9H9ClN2O3/c10-5-6-11-9(13)7-1-3-8(4-2-7)12(14)15/h1-4H,5-6H2,(H,11,13). The summed E-state index contributed by atoms with van der Waals surface area (Å²) in [6, 6.07) is 5.38. The monoisotopic (exact) mass is 228 g/mol. The summed E-state index contributed by atoms with van der Waals surface area (Å²) in [7, 11) is 0. The molecule has 1 rings (SSSR count). The van der Waals surface area contributed by atoms with Crippen molar-refractivity contribution in [2.75, 3.05) is 12.4 Å². The van der Waals surface area contributed by atoms with Crippen LogP contribution in [0.3, 0.4) is 0 Å². The van der Waals surface area contributed by atoms with Gasteiger partial charge in [-0.05, 0) is 12.1 Å². The van der Waals surface area contributed by atoms with E-state index in [0.29, 0.717) is 18.0 Å². The van der Waals surface area contributed by atoms with Gasteiger partial charge in [0.25, 0.3) is 11.6 Å². The summed E-state index contributed by atoms with van der Waals surface area (Å²) in [5.41, 5.74) is 0.342. The number of hydrogen-bond acceptors (Lipinski definition) is 3. The highest BCUT2D eigenvalue weighted by atomic mass is 35.5. The Hall–Kier alpha value is -1.62. The molecule has 0 radical (unpaired) electrons. The molecule has 15 heavy (non-hydrogen) atoms. The molecule has 0 saturated carbocycles. The van der Waals surface area contributed by atoms with E-state index in [9.17, 15) is 14.9 Å². The van der Waals surface area contributed by atoms with Crippen LogP contribution in [0.4, 0.5) is 5.69 Å². The van der Waals surface area contributed by atoms with E-state index in [-0.39, 0.29) is 11.6 Å². The lowest BCUT2D eigenvalue weighted by Crippen LogP contribution is -2.25. The average Bonchev–Trinajstić information content (AvgIpc) is 2.26. The first kappa shape index (κ1) is 11.5. The number of hydrogen-bond donors (Lipinski definition) is 1. The van der Waals surface area contributed by atoms with E-state index < -0.39 is 4.92 Å². The fourth-order valence-electron chi connectivity index (χ4n) is 0.997. The number of nitrogens with one attached hydrogen (secondary N) is 1. The van der Waals surface area contributed by atoms with E-state index >= 15 is 0 Å². The zero-order valence-corrected chi connectivity index (χ0v) is 8.53. The Kier molecular flexibility index (Phi) is 4.05. The van der Waals surface area contributed by atoms with E-state index in [0.717, 1.165) is 0 Å². The van der Waals surface area contributed by atoms with Gasteiger partial charge in [0.05, 0.1) is 4.92 Å². The first-order valence-corrected chi connectivity index (χ1v) is 4.77. The van der Waals surface area contributed by atoms with Crippen molar-refractivity contribution in [3.63, 3.8) is 0 Å². The van der Waals surface area contributed by atoms with Gasteiger partial charge in [-0.3, -0.25) is 14.9 Å². The molecule has 0 heterocycles. The number of alkyl halides is 1. The van der Waals surface area contributed by atoms with Crippen molar-refractivity contribution in [3.8, 4) is 0 Å². The van der Waals surface area contributed by atoms with Crippen molar-refractivity contribution >= 4 is 23.2 Å². The summed E-state index contributed by atoms with van der Waals surface area (Å²) in [5, 5.41) is 12.9. The Morgan fingerprint density at radius 2 is 2.00 bits per heavy atom. The summed E-state index contributed by atoms with van der Waals surface area (Å²) in [6.07, 6.45) is 0. The van der Waals surface area contributed by atoms with E-state index in [1.165, 1.54) is 24.3 Å². The molecule has 0 aliphatic rings. The second-order valence-corrected chi connectivity index (χ2v) is 3.13. The van der Waals surface area contributed by atoms with Crippen LogP contribution >= 0.6 is 11.6 Å². The summed E-state index contributed by atoms with van der Waals surface area (Å²) in [4.78, 5) is 21.2. The van der Waals surface area contributed by atoms with Crippen LogP contribution in [0, 0.1) is 10.1 Å². The van der Waals surface area contributed by atoms with Gasteiger partial charge in [-0.15, -0.1) is 11.6 Å². The van der Waals surface area contributed by atoms with Gasteiger partial charge in [0.15, 0.2) is 0 Å². The summed E-state index contributed by atoms with van der Waals surface area (Å²) < 4.78 is 0. The lowest BCUT2D eigenvalue weighted by atomic mass is 10.2. The number of benzene rings is 1. The van der Waals surface area contributed by atoms with Gasteiger partial charge in [-0.1, -0.05) is 0 Å².